The number of ketones is 1. The first-order chi connectivity index (χ1) is 12.6. The number of pyridine rings is 1. The SMILES string of the molecule is CC(=O)[C@@H](NC(=O)[C@@H](CC(=O)O)n1ccc(-c2ccncc2)c1)C(C)(C)C. The normalized spacial score (nSPS) is 13.6. The largest absolute Gasteiger partial charge is 0.481 e. The zero-order valence-corrected chi connectivity index (χ0v) is 16.0. The number of carbonyl (C=O) groups excluding carboxylic acids is 2. The Hall–Kier alpha value is -2.96. The second kappa shape index (κ2) is 8.16. The van der Waals surface area contributed by atoms with Crippen LogP contribution in [0.25, 0.3) is 11.1 Å². The summed E-state index contributed by atoms with van der Waals surface area (Å²) >= 11 is 0. The number of carboxylic acid groups (broad SMARTS) is 1. The summed E-state index contributed by atoms with van der Waals surface area (Å²) < 4.78 is 1.57. The lowest BCUT2D eigenvalue weighted by molar-refractivity contribution is -0.141. The number of Topliss-reactive ketones (excluding diaryl/α,β-unsaturated/α-hetero) is 1. The van der Waals surface area contributed by atoms with Crippen molar-refractivity contribution in [1.29, 1.82) is 0 Å². The Morgan fingerprint density at radius 1 is 1.15 bits per heavy atom. The van der Waals surface area contributed by atoms with Crippen LogP contribution in [0, 0.1) is 5.41 Å². The van der Waals surface area contributed by atoms with Gasteiger partial charge in [0.25, 0.3) is 0 Å². The summed E-state index contributed by atoms with van der Waals surface area (Å²) in [4.78, 5) is 40.1. The molecule has 0 fully saturated rings. The fraction of sp³-hybridized carbons (Fsp3) is 0.400. The lowest BCUT2D eigenvalue weighted by Gasteiger charge is -2.31. The molecule has 2 aromatic heterocycles. The van der Waals surface area contributed by atoms with Gasteiger partial charge in [-0.05, 0) is 41.7 Å². The van der Waals surface area contributed by atoms with Gasteiger partial charge in [0.2, 0.25) is 5.91 Å². The van der Waals surface area contributed by atoms with Crippen LogP contribution >= 0.6 is 0 Å². The molecule has 7 nitrogen and oxygen atoms in total. The van der Waals surface area contributed by atoms with Crippen LogP contribution in [0.15, 0.2) is 43.0 Å². The van der Waals surface area contributed by atoms with E-state index >= 15 is 0 Å². The second-order valence-corrected chi connectivity index (χ2v) is 7.62. The number of rotatable bonds is 7. The van der Waals surface area contributed by atoms with E-state index in [-0.39, 0.29) is 12.2 Å². The van der Waals surface area contributed by atoms with Gasteiger partial charge in [0.15, 0.2) is 5.78 Å². The molecule has 2 aromatic rings. The standard InChI is InChI=1S/C20H25N3O4/c1-13(24)18(20(2,3)4)22-19(27)16(11-17(25)26)23-10-7-15(12-23)14-5-8-21-9-6-14/h5-10,12,16,18H,11H2,1-4H3,(H,22,27)(H,25,26)/t16-,18-/m1/s1. The Morgan fingerprint density at radius 2 is 1.78 bits per heavy atom. The minimum Gasteiger partial charge on any atom is -0.481 e. The van der Waals surface area contributed by atoms with Crippen molar-refractivity contribution in [1.82, 2.24) is 14.9 Å². The Kier molecular flexibility index (Phi) is 6.15. The third-order valence-corrected chi connectivity index (χ3v) is 4.32. The zero-order valence-electron chi connectivity index (χ0n) is 16.0. The summed E-state index contributed by atoms with van der Waals surface area (Å²) in [6.45, 7) is 6.97. The highest BCUT2D eigenvalue weighted by Gasteiger charge is 2.33. The van der Waals surface area contributed by atoms with Gasteiger partial charge >= 0.3 is 5.97 Å². The number of hydrogen-bond acceptors (Lipinski definition) is 4. The predicted octanol–water partition coefficient (Wildman–Crippen LogP) is 2.69. The van der Waals surface area contributed by atoms with E-state index in [1.807, 2.05) is 39.0 Å². The fourth-order valence-electron chi connectivity index (χ4n) is 2.99. The number of nitrogens with one attached hydrogen (secondary N) is 1. The van der Waals surface area contributed by atoms with E-state index in [2.05, 4.69) is 10.3 Å². The number of carboxylic acids is 1. The molecule has 0 radical (unpaired) electrons. The second-order valence-electron chi connectivity index (χ2n) is 7.62. The van der Waals surface area contributed by atoms with Gasteiger partial charge in [-0.1, -0.05) is 20.8 Å². The van der Waals surface area contributed by atoms with Crippen molar-refractivity contribution in [3.8, 4) is 11.1 Å². The maximum absolute atomic E-state index is 12.8. The molecule has 2 N–H and O–H groups in total. The number of nitrogens with zero attached hydrogens (tertiary/aromatic N) is 2. The van der Waals surface area contributed by atoms with Crippen LogP contribution in [0.1, 0.15) is 40.2 Å². The maximum atomic E-state index is 12.8. The molecular formula is C20H25N3O4. The van der Waals surface area contributed by atoms with Gasteiger partial charge in [0, 0.05) is 24.8 Å². The van der Waals surface area contributed by atoms with Gasteiger partial charge in [-0.15, -0.1) is 0 Å². The zero-order chi connectivity index (χ0) is 20.2. The molecule has 27 heavy (non-hydrogen) atoms. The average Bonchev–Trinajstić information content (AvgIpc) is 3.06. The third kappa shape index (κ3) is 5.26. The van der Waals surface area contributed by atoms with E-state index in [1.165, 1.54) is 6.92 Å². The monoisotopic (exact) mass is 371 g/mol. The average molecular weight is 371 g/mol. The highest BCUT2D eigenvalue weighted by molar-refractivity contribution is 5.91. The van der Waals surface area contributed by atoms with Crippen LogP contribution in [0.2, 0.25) is 0 Å². The molecule has 2 heterocycles. The molecule has 0 aliphatic heterocycles. The van der Waals surface area contributed by atoms with Gasteiger partial charge in [0.1, 0.15) is 6.04 Å². The van der Waals surface area contributed by atoms with Gasteiger partial charge < -0.3 is 15.0 Å². The summed E-state index contributed by atoms with van der Waals surface area (Å²) in [5, 5.41) is 12.0. The predicted molar refractivity (Wildman–Crippen MR) is 101 cm³/mol. The molecule has 7 heteroatoms. The Bertz CT molecular complexity index is 821. The van der Waals surface area contributed by atoms with Crippen molar-refractivity contribution in [3.05, 3.63) is 43.0 Å². The van der Waals surface area contributed by atoms with Crippen LogP contribution in [-0.2, 0) is 14.4 Å². The van der Waals surface area contributed by atoms with Crippen molar-refractivity contribution >= 4 is 17.7 Å². The molecule has 0 aliphatic rings. The summed E-state index contributed by atoms with van der Waals surface area (Å²) in [5.41, 5.74) is 1.28. The van der Waals surface area contributed by atoms with Crippen molar-refractivity contribution < 1.29 is 19.5 Å². The van der Waals surface area contributed by atoms with Gasteiger partial charge in [0.05, 0.1) is 12.5 Å². The Balaban J connectivity index is 2.30. The minimum atomic E-state index is -1.09. The molecule has 0 aromatic carbocycles. The molecule has 0 saturated heterocycles. The van der Waals surface area contributed by atoms with Crippen LogP contribution in [-0.4, -0.2) is 38.4 Å². The van der Waals surface area contributed by atoms with E-state index < -0.39 is 29.4 Å². The Morgan fingerprint density at radius 3 is 2.30 bits per heavy atom. The topological polar surface area (TPSA) is 101 Å². The molecule has 0 bridgehead atoms. The highest BCUT2D eigenvalue weighted by Crippen LogP contribution is 2.24. The van der Waals surface area contributed by atoms with Crippen molar-refractivity contribution in [2.45, 2.75) is 46.2 Å². The van der Waals surface area contributed by atoms with E-state index in [0.717, 1.165) is 11.1 Å². The number of aliphatic carboxylic acids is 1. The number of hydrogen-bond donors (Lipinski definition) is 2. The number of aromatic nitrogens is 2. The molecule has 0 spiro atoms. The quantitative estimate of drug-likeness (QED) is 0.779. The van der Waals surface area contributed by atoms with Crippen molar-refractivity contribution in [2.24, 2.45) is 5.41 Å². The maximum Gasteiger partial charge on any atom is 0.306 e. The molecule has 0 aliphatic carbocycles. The van der Waals surface area contributed by atoms with Gasteiger partial charge in [-0.2, -0.15) is 0 Å². The van der Waals surface area contributed by atoms with Crippen LogP contribution in [0.4, 0.5) is 0 Å². The Labute approximate surface area is 158 Å². The van der Waals surface area contributed by atoms with E-state index in [9.17, 15) is 19.5 Å². The van der Waals surface area contributed by atoms with Crippen molar-refractivity contribution in [3.63, 3.8) is 0 Å². The highest BCUT2D eigenvalue weighted by atomic mass is 16.4. The first-order valence-electron chi connectivity index (χ1n) is 8.70. The minimum absolute atomic E-state index is 0.171. The number of amides is 1. The smallest absolute Gasteiger partial charge is 0.306 e. The molecule has 0 saturated carbocycles. The van der Waals surface area contributed by atoms with Gasteiger partial charge in [-0.3, -0.25) is 19.4 Å². The first-order valence-corrected chi connectivity index (χ1v) is 8.70. The lowest BCUT2D eigenvalue weighted by atomic mass is 9.84. The number of carbonyl (C=O) groups is 3. The van der Waals surface area contributed by atoms with E-state index in [4.69, 9.17) is 0 Å². The lowest BCUT2D eigenvalue weighted by Crippen LogP contribution is -2.50. The fourth-order valence-corrected chi connectivity index (χ4v) is 2.99. The third-order valence-electron chi connectivity index (χ3n) is 4.32. The summed E-state index contributed by atoms with van der Waals surface area (Å²) in [7, 11) is 0. The van der Waals surface area contributed by atoms with Crippen molar-refractivity contribution in [2.75, 3.05) is 0 Å². The van der Waals surface area contributed by atoms with Crippen LogP contribution < -0.4 is 5.32 Å². The summed E-state index contributed by atoms with van der Waals surface area (Å²) in [5.74, 6) is -1.76. The molecule has 2 rings (SSSR count). The van der Waals surface area contributed by atoms with Crippen LogP contribution in [0.5, 0.6) is 0 Å². The summed E-state index contributed by atoms with van der Waals surface area (Å²) in [6, 6.07) is 3.82. The molecule has 144 valence electrons. The van der Waals surface area contributed by atoms with E-state index in [1.54, 1.807) is 29.4 Å². The van der Waals surface area contributed by atoms with E-state index in [0.29, 0.717) is 0 Å². The van der Waals surface area contributed by atoms with Crippen LogP contribution in [0.3, 0.4) is 0 Å². The summed E-state index contributed by atoms with van der Waals surface area (Å²) in [6.07, 6.45) is 6.33. The van der Waals surface area contributed by atoms with Gasteiger partial charge in [-0.25, -0.2) is 0 Å². The molecule has 0 unspecified atom stereocenters. The molecular weight excluding hydrogens is 346 g/mol. The molecule has 2 atom stereocenters. The first kappa shape index (κ1) is 20.4. The molecule has 1 amide bonds.